The maximum absolute atomic E-state index is 13.3. The van der Waals surface area contributed by atoms with E-state index in [9.17, 15) is 13.9 Å². The molecule has 0 radical (unpaired) electrons. The van der Waals surface area contributed by atoms with Gasteiger partial charge in [0.05, 0.1) is 13.2 Å². The summed E-state index contributed by atoms with van der Waals surface area (Å²) in [5.74, 6) is -2.14. The third-order valence-corrected chi connectivity index (χ3v) is 2.15. The first-order chi connectivity index (χ1) is 6.49. The molecule has 1 aromatic rings. The summed E-state index contributed by atoms with van der Waals surface area (Å²) in [5, 5.41) is 8.59. The topological polar surface area (TPSA) is 29.5 Å². The number of aliphatic hydroxyl groups excluding tert-OH is 1. The van der Waals surface area contributed by atoms with Crippen LogP contribution in [0, 0.1) is 11.6 Å². The Bertz CT molecular complexity index is 353. The van der Waals surface area contributed by atoms with Gasteiger partial charge in [-0.05, 0) is 13.0 Å². The lowest BCUT2D eigenvalue weighted by molar-refractivity contribution is 0.192. The highest BCUT2D eigenvalue weighted by Crippen LogP contribution is 2.34. The van der Waals surface area contributed by atoms with Crippen molar-refractivity contribution in [3.05, 3.63) is 28.3 Å². The summed E-state index contributed by atoms with van der Waals surface area (Å²) in [6, 6.07) is 0.953. The molecule has 0 aliphatic carbocycles. The lowest BCUT2D eigenvalue weighted by atomic mass is 10.1. The molecule has 0 spiro atoms. The summed E-state index contributed by atoms with van der Waals surface area (Å²) >= 11 is 5.33. The molecule has 0 heterocycles. The summed E-state index contributed by atoms with van der Waals surface area (Å²) in [6.45, 7) is 1.38. The van der Waals surface area contributed by atoms with Crippen molar-refractivity contribution in [1.29, 1.82) is 0 Å². The molecule has 2 nitrogen and oxygen atoms in total. The normalized spacial score (nSPS) is 12.7. The number of benzene rings is 1. The molecule has 0 bridgehead atoms. The van der Waals surface area contributed by atoms with E-state index in [2.05, 4.69) is 4.74 Å². The molecule has 0 aliphatic heterocycles. The number of methoxy groups -OCH3 is 1. The molecule has 0 amide bonds. The van der Waals surface area contributed by atoms with Crippen LogP contribution in [0.4, 0.5) is 8.78 Å². The molecule has 0 saturated carbocycles. The van der Waals surface area contributed by atoms with Gasteiger partial charge in [-0.15, -0.1) is 0 Å². The van der Waals surface area contributed by atoms with Crippen molar-refractivity contribution in [2.24, 2.45) is 0 Å². The number of ether oxygens (including phenoxy) is 1. The monoisotopic (exact) mass is 222 g/mol. The minimum atomic E-state index is -1.02. The van der Waals surface area contributed by atoms with Gasteiger partial charge in [-0.25, -0.2) is 8.78 Å². The largest absolute Gasteiger partial charge is 0.493 e. The van der Waals surface area contributed by atoms with Crippen LogP contribution in [-0.4, -0.2) is 12.2 Å². The van der Waals surface area contributed by atoms with Gasteiger partial charge in [-0.1, -0.05) is 11.6 Å². The van der Waals surface area contributed by atoms with Crippen molar-refractivity contribution in [2.75, 3.05) is 7.11 Å². The fraction of sp³-hybridized carbons (Fsp3) is 0.333. The molecule has 0 saturated heterocycles. The van der Waals surface area contributed by atoms with Crippen LogP contribution in [0.3, 0.4) is 0 Å². The zero-order valence-corrected chi connectivity index (χ0v) is 8.40. The molecule has 14 heavy (non-hydrogen) atoms. The average Bonchev–Trinajstić information content (AvgIpc) is 2.13. The van der Waals surface area contributed by atoms with Crippen LogP contribution in [0.2, 0.25) is 5.02 Å². The van der Waals surface area contributed by atoms with E-state index in [4.69, 9.17) is 11.6 Å². The summed E-state index contributed by atoms with van der Waals surface area (Å²) in [5.41, 5.74) is 0.0342. The van der Waals surface area contributed by atoms with E-state index >= 15 is 0 Å². The molecule has 0 aromatic heterocycles. The van der Waals surface area contributed by atoms with E-state index < -0.39 is 22.8 Å². The van der Waals surface area contributed by atoms with Crippen molar-refractivity contribution in [3.8, 4) is 5.75 Å². The predicted octanol–water partition coefficient (Wildman–Crippen LogP) is 2.68. The SMILES string of the molecule is COc1c(C(C)O)cc(F)c(Cl)c1F. The highest BCUT2D eigenvalue weighted by molar-refractivity contribution is 6.31. The summed E-state index contributed by atoms with van der Waals surface area (Å²) < 4.78 is 30.9. The van der Waals surface area contributed by atoms with Crippen molar-refractivity contribution < 1.29 is 18.6 Å². The number of aliphatic hydroxyl groups is 1. The average molecular weight is 223 g/mol. The van der Waals surface area contributed by atoms with E-state index in [0.717, 1.165) is 6.07 Å². The molecule has 0 fully saturated rings. The van der Waals surface area contributed by atoms with Crippen LogP contribution in [0.25, 0.3) is 0 Å². The molecule has 0 aliphatic rings. The van der Waals surface area contributed by atoms with Gasteiger partial charge in [-0.2, -0.15) is 0 Å². The van der Waals surface area contributed by atoms with Crippen LogP contribution in [-0.2, 0) is 0 Å². The fourth-order valence-electron chi connectivity index (χ4n) is 1.11. The summed E-state index contributed by atoms with van der Waals surface area (Å²) in [4.78, 5) is 0. The Morgan fingerprint density at radius 2 is 2.07 bits per heavy atom. The van der Waals surface area contributed by atoms with Crippen LogP contribution < -0.4 is 4.74 Å². The van der Waals surface area contributed by atoms with E-state index in [0.29, 0.717) is 0 Å². The maximum Gasteiger partial charge on any atom is 0.186 e. The Hall–Kier alpha value is -0.870. The highest BCUT2D eigenvalue weighted by atomic mass is 35.5. The Kier molecular flexibility index (Phi) is 3.29. The second-order valence-electron chi connectivity index (χ2n) is 2.78. The van der Waals surface area contributed by atoms with E-state index in [-0.39, 0.29) is 11.3 Å². The second kappa shape index (κ2) is 4.11. The number of halogens is 3. The number of hydrogen-bond donors (Lipinski definition) is 1. The van der Waals surface area contributed by atoms with Crippen molar-refractivity contribution in [2.45, 2.75) is 13.0 Å². The minimum Gasteiger partial charge on any atom is -0.493 e. The first-order valence-corrected chi connectivity index (χ1v) is 4.26. The van der Waals surface area contributed by atoms with Crippen molar-refractivity contribution in [3.63, 3.8) is 0 Å². The molecule has 78 valence electrons. The van der Waals surface area contributed by atoms with Crippen molar-refractivity contribution in [1.82, 2.24) is 0 Å². The standard InChI is InChI=1S/C9H9ClF2O2/c1-4(13)5-3-6(11)7(10)8(12)9(5)14-2/h3-4,13H,1-2H3. The lowest BCUT2D eigenvalue weighted by Gasteiger charge is -2.12. The highest BCUT2D eigenvalue weighted by Gasteiger charge is 2.20. The Labute approximate surface area is 85.1 Å². The van der Waals surface area contributed by atoms with Crippen molar-refractivity contribution >= 4 is 11.6 Å². The molecule has 1 rings (SSSR count). The number of hydrogen-bond acceptors (Lipinski definition) is 2. The Balaban J connectivity index is 3.43. The first-order valence-electron chi connectivity index (χ1n) is 3.88. The second-order valence-corrected chi connectivity index (χ2v) is 3.16. The lowest BCUT2D eigenvalue weighted by Crippen LogP contribution is -2.01. The Morgan fingerprint density at radius 1 is 1.50 bits per heavy atom. The van der Waals surface area contributed by atoms with Crippen LogP contribution >= 0.6 is 11.6 Å². The van der Waals surface area contributed by atoms with E-state index in [1.54, 1.807) is 0 Å². The zero-order chi connectivity index (χ0) is 10.9. The maximum atomic E-state index is 13.3. The molecule has 1 aromatic carbocycles. The van der Waals surface area contributed by atoms with Gasteiger partial charge >= 0.3 is 0 Å². The summed E-state index contributed by atoms with van der Waals surface area (Å²) in [6.07, 6.45) is -1.02. The quantitative estimate of drug-likeness (QED) is 0.780. The Morgan fingerprint density at radius 3 is 2.50 bits per heavy atom. The van der Waals surface area contributed by atoms with Gasteiger partial charge in [-0.3, -0.25) is 0 Å². The van der Waals surface area contributed by atoms with Gasteiger partial charge < -0.3 is 9.84 Å². The molecular formula is C9H9ClF2O2. The predicted molar refractivity (Wildman–Crippen MR) is 48.6 cm³/mol. The van der Waals surface area contributed by atoms with Gasteiger partial charge in [0.1, 0.15) is 10.8 Å². The minimum absolute atomic E-state index is 0.0342. The molecule has 1 atom stereocenters. The third kappa shape index (κ3) is 1.81. The van der Waals surface area contributed by atoms with Gasteiger partial charge in [0.2, 0.25) is 0 Å². The van der Waals surface area contributed by atoms with Gasteiger partial charge in [0.15, 0.2) is 11.6 Å². The van der Waals surface area contributed by atoms with Gasteiger partial charge in [0, 0.05) is 5.56 Å². The van der Waals surface area contributed by atoms with Crippen LogP contribution in [0.1, 0.15) is 18.6 Å². The molecular weight excluding hydrogens is 214 g/mol. The first kappa shape index (κ1) is 11.2. The zero-order valence-electron chi connectivity index (χ0n) is 7.64. The van der Waals surface area contributed by atoms with Crippen LogP contribution in [0.5, 0.6) is 5.75 Å². The third-order valence-electron chi connectivity index (χ3n) is 1.80. The molecule has 5 heteroatoms. The van der Waals surface area contributed by atoms with E-state index in [1.165, 1.54) is 14.0 Å². The van der Waals surface area contributed by atoms with Gasteiger partial charge in [0.25, 0.3) is 0 Å². The van der Waals surface area contributed by atoms with Crippen LogP contribution in [0.15, 0.2) is 6.07 Å². The smallest absolute Gasteiger partial charge is 0.186 e. The molecule has 1 N–H and O–H groups in total. The summed E-state index contributed by atoms with van der Waals surface area (Å²) in [7, 11) is 1.22. The van der Waals surface area contributed by atoms with E-state index in [1.807, 2.05) is 0 Å². The number of rotatable bonds is 2. The fourth-order valence-corrected chi connectivity index (χ4v) is 1.25. The molecule has 1 unspecified atom stereocenters.